The first-order valence-corrected chi connectivity index (χ1v) is 10.8. The van der Waals surface area contributed by atoms with Crippen molar-refractivity contribution in [2.45, 2.75) is 6.42 Å². The molecule has 1 aromatic heterocycles. The third kappa shape index (κ3) is 5.28. The van der Waals surface area contributed by atoms with E-state index in [1.165, 1.54) is 25.3 Å². The molecule has 1 aliphatic rings. The fourth-order valence-corrected chi connectivity index (χ4v) is 3.77. The molecule has 4 rings (SSSR count). The van der Waals surface area contributed by atoms with Crippen molar-refractivity contribution in [3.63, 3.8) is 0 Å². The standard InChI is InChI=1S/C25H25FN4O3/c1-33-25(32)29-15-5-14-28(16-17-29)23(31)13-10-20-18-30(22-6-3-2-4-7-22)27-24(20)19-8-11-21(26)12-9-19/h2-4,6-13,18H,5,14-17H2,1H3/b13-10+. The molecule has 0 N–H and O–H groups in total. The number of benzene rings is 2. The van der Waals surface area contributed by atoms with Gasteiger partial charge in [-0.05, 0) is 48.9 Å². The lowest BCUT2D eigenvalue weighted by Gasteiger charge is -2.20. The van der Waals surface area contributed by atoms with Crippen LogP contribution in [-0.2, 0) is 9.53 Å². The van der Waals surface area contributed by atoms with E-state index in [4.69, 9.17) is 4.74 Å². The molecule has 1 fully saturated rings. The van der Waals surface area contributed by atoms with Crippen LogP contribution in [0, 0.1) is 5.82 Å². The Morgan fingerprint density at radius 2 is 1.67 bits per heavy atom. The zero-order valence-electron chi connectivity index (χ0n) is 18.4. The summed E-state index contributed by atoms with van der Waals surface area (Å²) in [5.41, 5.74) is 3.02. The van der Waals surface area contributed by atoms with Crippen molar-refractivity contribution in [2.24, 2.45) is 0 Å². The number of nitrogens with zero attached hydrogens (tertiary/aromatic N) is 4. The molecule has 1 aliphatic heterocycles. The maximum absolute atomic E-state index is 13.4. The fourth-order valence-electron chi connectivity index (χ4n) is 3.77. The van der Waals surface area contributed by atoms with Crippen molar-refractivity contribution in [3.8, 4) is 16.9 Å². The number of para-hydroxylation sites is 1. The average molecular weight is 448 g/mol. The highest BCUT2D eigenvalue weighted by atomic mass is 19.1. The van der Waals surface area contributed by atoms with Crippen LogP contribution in [0.15, 0.2) is 66.9 Å². The van der Waals surface area contributed by atoms with E-state index >= 15 is 0 Å². The van der Waals surface area contributed by atoms with Gasteiger partial charge in [0, 0.05) is 49.6 Å². The lowest BCUT2D eigenvalue weighted by molar-refractivity contribution is -0.125. The van der Waals surface area contributed by atoms with Crippen molar-refractivity contribution in [1.29, 1.82) is 0 Å². The third-order valence-corrected chi connectivity index (χ3v) is 5.53. The molecule has 0 saturated carbocycles. The maximum atomic E-state index is 13.4. The minimum absolute atomic E-state index is 0.140. The van der Waals surface area contributed by atoms with Gasteiger partial charge in [0.2, 0.25) is 5.91 Å². The van der Waals surface area contributed by atoms with Crippen molar-refractivity contribution in [1.82, 2.24) is 19.6 Å². The van der Waals surface area contributed by atoms with Gasteiger partial charge in [-0.2, -0.15) is 5.10 Å². The molecule has 0 spiro atoms. The van der Waals surface area contributed by atoms with Crippen LogP contribution in [0.3, 0.4) is 0 Å². The highest BCUT2D eigenvalue weighted by molar-refractivity contribution is 5.93. The van der Waals surface area contributed by atoms with Crippen LogP contribution < -0.4 is 0 Å². The highest BCUT2D eigenvalue weighted by Crippen LogP contribution is 2.25. The van der Waals surface area contributed by atoms with E-state index in [1.54, 1.807) is 32.7 Å². The quantitative estimate of drug-likeness (QED) is 0.566. The molecule has 170 valence electrons. The smallest absolute Gasteiger partial charge is 0.409 e. The molecule has 2 heterocycles. The van der Waals surface area contributed by atoms with E-state index in [9.17, 15) is 14.0 Å². The van der Waals surface area contributed by atoms with Crippen LogP contribution in [0.5, 0.6) is 0 Å². The zero-order chi connectivity index (χ0) is 23.2. The maximum Gasteiger partial charge on any atom is 0.409 e. The minimum atomic E-state index is -0.378. The van der Waals surface area contributed by atoms with E-state index in [-0.39, 0.29) is 17.8 Å². The van der Waals surface area contributed by atoms with E-state index in [0.717, 1.165) is 16.8 Å². The summed E-state index contributed by atoms with van der Waals surface area (Å²) < 4.78 is 20.0. The Morgan fingerprint density at radius 3 is 2.39 bits per heavy atom. The summed E-state index contributed by atoms with van der Waals surface area (Å²) >= 11 is 0. The highest BCUT2D eigenvalue weighted by Gasteiger charge is 2.21. The first-order valence-electron chi connectivity index (χ1n) is 10.8. The predicted octanol–water partition coefficient (Wildman–Crippen LogP) is 3.99. The molecule has 7 nitrogen and oxygen atoms in total. The molecule has 1 saturated heterocycles. The number of amides is 2. The number of hydrogen-bond donors (Lipinski definition) is 0. The van der Waals surface area contributed by atoms with Gasteiger partial charge in [-0.25, -0.2) is 13.9 Å². The number of carbonyl (C=O) groups excluding carboxylic acids is 2. The Hall–Kier alpha value is -3.94. The van der Waals surface area contributed by atoms with Crippen molar-refractivity contribution < 1.29 is 18.7 Å². The second-order valence-electron chi connectivity index (χ2n) is 7.69. The molecule has 0 bridgehead atoms. The molecule has 0 radical (unpaired) electrons. The molecule has 3 aromatic rings. The molecular weight excluding hydrogens is 423 g/mol. The Labute approximate surface area is 191 Å². The fraction of sp³-hybridized carbons (Fsp3) is 0.240. The second-order valence-corrected chi connectivity index (χ2v) is 7.69. The molecule has 0 unspecified atom stereocenters. The Bertz CT molecular complexity index is 1140. The molecule has 2 amide bonds. The minimum Gasteiger partial charge on any atom is -0.453 e. The summed E-state index contributed by atoms with van der Waals surface area (Å²) in [5, 5.41) is 4.68. The zero-order valence-corrected chi connectivity index (χ0v) is 18.4. The van der Waals surface area contributed by atoms with Crippen LogP contribution in [0.4, 0.5) is 9.18 Å². The lowest BCUT2D eigenvalue weighted by Crippen LogP contribution is -2.36. The Balaban J connectivity index is 1.57. The van der Waals surface area contributed by atoms with Crippen LogP contribution in [0.1, 0.15) is 12.0 Å². The van der Waals surface area contributed by atoms with Gasteiger partial charge in [0.05, 0.1) is 18.5 Å². The third-order valence-electron chi connectivity index (χ3n) is 5.53. The number of methoxy groups -OCH3 is 1. The van der Waals surface area contributed by atoms with Crippen LogP contribution >= 0.6 is 0 Å². The van der Waals surface area contributed by atoms with Crippen LogP contribution in [-0.4, -0.2) is 64.9 Å². The molecule has 2 aromatic carbocycles. The summed E-state index contributed by atoms with van der Waals surface area (Å²) in [4.78, 5) is 28.0. The monoisotopic (exact) mass is 448 g/mol. The normalized spacial score (nSPS) is 14.4. The summed E-state index contributed by atoms with van der Waals surface area (Å²) in [5.74, 6) is -0.463. The number of carbonyl (C=O) groups is 2. The molecule has 8 heteroatoms. The summed E-state index contributed by atoms with van der Waals surface area (Å²) in [6, 6.07) is 15.8. The SMILES string of the molecule is COC(=O)N1CCCN(C(=O)/C=C/c2cn(-c3ccccc3)nc2-c2ccc(F)cc2)CC1. The summed E-state index contributed by atoms with van der Waals surface area (Å²) in [6.45, 7) is 1.98. The van der Waals surface area contributed by atoms with E-state index in [2.05, 4.69) is 5.10 Å². The number of halogens is 1. The van der Waals surface area contributed by atoms with Gasteiger partial charge >= 0.3 is 6.09 Å². The van der Waals surface area contributed by atoms with Gasteiger partial charge in [-0.15, -0.1) is 0 Å². The molecular formula is C25H25FN4O3. The number of hydrogen-bond acceptors (Lipinski definition) is 4. The summed E-state index contributed by atoms with van der Waals surface area (Å²) in [6.07, 6.45) is 5.40. The van der Waals surface area contributed by atoms with E-state index in [1.807, 2.05) is 36.5 Å². The van der Waals surface area contributed by atoms with E-state index < -0.39 is 0 Å². The first-order chi connectivity index (χ1) is 16.0. The van der Waals surface area contributed by atoms with Gasteiger partial charge in [-0.1, -0.05) is 18.2 Å². The van der Waals surface area contributed by atoms with Gasteiger partial charge in [0.25, 0.3) is 0 Å². The van der Waals surface area contributed by atoms with Crippen molar-refractivity contribution >= 4 is 18.1 Å². The Morgan fingerprint density at radius 1 is 0.970 bits per heavy atom. The molecule has 0 atom stereocenters. The van der Waals surface area contributed by atoms with Gasteiger partial charge in [0.15, 0.2) is 0 Å². The predicted molar refractivity (Wildman–Crippen MR) is 123 cm³/mol. The largest absolute Gasteiger partial charge is 0.453 e. The van der Waals surface area contributed by atoms with Gasteiger partial charge in [-0.3, -0.25) is 4.79 Å². The number of ether oxygens (including phenoxy) is 1. The van der Waals surface area contributed by atoms with Crippen molar-refractivity contribution in [3.05, 3.63) is 78.3 Å². The van der Waals surface area contributed by atoms with Gasteiger partial charge < -0.3 is 14.5 Å². The topological polar surface area (TPSA) is 67.7 Å². The first kappa shape index (κ1) is 22.3. The number of rotatable bonds is 4. The van der Waals surface area contributed by atoms with Crippen molar-refractivity contribution in [2.75, 3.05) is 33.3 Å². The summed E-state index contributed by atoms with van der Waals surface area (Å²) in [7, 11) is 1.35. The molecule has 0 aliphatic carbocycles. The van der Waals surface area contributed by atoms with E-state index in [0.29, 0.717) is 38.3 Å². The lowest BCUT2D eigenvalue weighted by atomic mass is 10.1. The van der Waals surface area contributed by atoms with Crippen LogP contribution in [0.25, 0.3) is 23.0 Å². The average Bonchev–Trinajstić information content (AvgIpc) is 3.11. The van der Waals surface area contributed by atoms with Gasteiger partial charge in [0.1, 0.15) is 5.82 Å². The number of aromatic nitrogens is 2. The molecule has 33 heavy (non-hydrogen) atoms. The Kier molecular flexibility index (Phi) is 6.83. The van der Waals surface area contributed by atoms with Crippen LogP contribution in [0.2, 0.25) is 0 Å². The second kappa shape index (κ2) is 10.1.